The Labute approximate surface area is 143 Å². The number of hydrogen-bond donors (Lipinski definition) is 2. The molecule has 4 rings (SSSR count). The van der Waals surface area contributed by atoms with Crippen LogP contribution in [-0.4, -0.2) is 33.0 Å². The normalized spacial score (nSPS) is 29.3. The Morgan fingerprint density at radius 1 is 1.26 bits per heavy atom. The molecule has 23 heavy (non-hydrogen) atoms. The van der Waals surface area contributed by atoms with E-state index in [-0.39, 0.29) is 35.8 Å². The summed E-state index contributed by atoms with van der Waals surface area (Å²) in [6.45, 7) is 0. The van der Waals surface area contributed by atoms with E-state index in [2.05, 4.69) is 15.6 Å². The van der Waals surface area contributed by atoms with Gasteiger partial charge in [-0.1, -0.05) is 30.9 Å². The number of nitrogens with two attached hydrogens (primary N) is 1. The Balaban J connectivity index is 0.00000156. The van der Waals surface area contributed by atoms with Crippen LogP contribution in [0.5, 0.6) is 0 Å². The second kappa shape index (κ2) is 6.40. The predicted octanol–water partition coefficient (Wildman–Crippen LogP) is 2.20. The van der Waals surface area contributed by atoms with E-state index in [1.165, 1.54) is 25.7 Å². The summed E-state index contributed by atoms with van der Waals surface area (Å²) in [6.07, 6.45) is 12.3. The Bertz CT molecular complexity index is 565. The molecule has 0 aliphatic heterocycles. The van der Waals surface area contributed by atoms with E-state index in [1.807, 2.05) is 10.9 Å². The molecule has 2 atom stereocenters. The molecule has 3 aliphatic rings. The summed E-state index contributed by atoms with van der Waals surface area (Å²) in [7, 11) is 0. The fourth-order valence-corrected chi connectivity index (χ4v) is 4.47. The fraction of sp³-hybridized carbons (Fsp3) is 0.812. The lowest BCUT2D eigenvalue weighted by atomic mass is 9.50. The van der Waals surface area contributed by atoms with Crippen LogP contribution in [0.1, 0.15) is 74.3 Å². The van der Waals surface area contributed by atoms with Gasteiger partial charge in [-0.05, 0) is 32.1 Å². The SMILES string of the molecule is Cl.NC1CC(NC(=O)c2cn(C3CCCCC3)nn2)C12CCC2. The number of hydrogen-bond acceptors (Lipinski definition) is 4. The van der Waals surface area contributed by atoms with Crippen molar-refractivity contribution in [2.45, 2.75) is 75.9 Å². The quantitative estimate of drug-likeness (QED) is 0.884. The number of halogens is 1. The zero-order valence-corrected chi connectivity index (χ0v) is 14.2. The van der Waals surface area contributed by atoms with Crippen molar-refractivity contribution >= 4 is 18.3 Å². The van der Waals surface area contributed by atoms with Crippen LogP contribution in [0.25, 0.3) is 0 Å². The van der Waals surface area contributed by atoms with Gasteiger partial charge in [0.05, 0.1) is 12.2 Å². The number of carbonyl (C=O) groups excluding carboxylic acids is 1. The number of rotatable bonds is 3. The van der Waals surface area contributed by atoms with Gasteiger partial charge in [0.2, 0.25) is 0 Å². The Morgan fingerprint density at radius 2 is 2.00 bits per heavy atom. The van der Waals surface area contributed by atoms with Crippen LogP contribution in [0.4, 0.5) is 0 Å². The first kappa shape index (κ1) is 16.7. The molecule has 1 heterocycles. The largest absolute Gasteiger partial charge is 0.347 e. The summed E-state index contributed by atoms with van der Waals surface area (Å²) in [4.78, 5) is 12.4. The minimum Gasteiger partial charge on any atom is -0.347 e. The molecule has 7 heteroatoms. The van der Waals surface area contributed by atoms with Crippen LogP contribution < -0.4 is 11.1 Å². The molecule has 1 aromatic rings. The molecule has 6 nitrogen and oxygen atoms in total. The van der Waals surface area contributed by atoms with Crippen molar-refractivity contribution in [3.05, 3.63) is 11.9 Å². The van der Waals surface area contributed by atoms with Crippen LogP contribution in [0.2, 0.25) is 0 Å². The van der Waals surface area contributed by atoms with E-state index in [4.69, 9.17) is 5.73 Å². The number of carbonyl (C=O) groups is 1. The average Bonchev–Trinajstić information content (AvgIpc) is 2.95. The summed E-state index contributed by atoms with van der Waals surface area (Å²) < 4.78 is 1.89. The topological polar surface area (TPSA) is 85.8 Å². The zero-order valence-electron chi connectivity index (χ0n) is 13.4. The van der Waals surface area contributed by atoms with E-state index in [0.717, 1.165) is 32.1 Å². The highest BCUT2D eigenvalue weighted by molar-refractivity contribution is 5.92. The van der Waals surface area contributed by atoms with Crippen LogP contribution >= 0.6 is 12.4 Å². The van der Waals surface area contributed by atoms with Gasteiger partial charge in [0.25, 0.3) is 5.91 Å². The summed E-state index contributed by atoms with van der Waals surface area (Å²) in [5.74, 6) is -0.0924. The molecule has 3 aliphatic carbocycles. The maximum Gasteiger partial charge on any atom is 0.273 e. The molecule has 3 saturated carbocycles. The third kappa shape index (κ3) is 2.76. The van der Waals surface area contributed by atoms with Crippen LogP contribution in [0.3, 0.4) is 0 Å². The third-order valence-electron chi connectivity index (χ3n) is 6.20. The van der Waals surface area contributed by atoms with Crippen molar-refractivity contribution in [3.8, 4) is 0 Å². The molecule has 0 aromatic carbocycles. The maximum absolute atomic E-state index is 12.4. The second-order valence-electron chi connectivity index (χ2n) is 7.33. The highest BCUT2D eigenvalue weighted by Crippen LogP contribution is 2.55. The van der Waals surface area contributed by atoms with Gasteiger partial charge in [0.1, 0.15) is 0 Å². The number of aromatic nitrogens is 3. The average molecular weight is 340 g/mol. The summed E-state index contributed by atoms with van der Waals surface area (Å²) in [6, 6.07) is 0.894. The van der Waals surface area contributed by atoms with Crippen LogP contribution in [-0.2, 0) is 0 Å². The van der Waals surface area contributed by atoms with E-state index < -0.39 is 0 Å². The molecule has 0 saturated heterocycles. The zero-order chi connectivity index (χ0) is 15.2. The molecule has 1 spiro atoms. The summed E-state index contributed by atoms with van der Waals surface area (Å²) in [5.41, 5.74) is 6.76. The Hall–Kier alpha value is -1.14. The molecule has 1 amide bonds. The van der Waals surface area contributed by atoms with Gasteiger partial charge in [0, 0.05) is 17.5 Å². The van der Waals surface area contributed by atoms with E-state index in [1.54, 1.807) is 0 Å². The minimum absolute atomic E-state index is 0. The predicted molar refractivity (Wildman–Crippen MR) is 89.5 cm³/mol. The third-order valence-corrected chi connectivity index (χ3v) is 6.20. The van der Waals surface area contributed by atoms with Crippen LogP contribution in [0, 0.1) is 5.41 Å². The van der Waals surface area contributed by atoms with Gasteiger partial charge in [-0.25, -0.2) is 4.68 Å². The molecule has 128 valence electrons. The first-order valence-electron chi connectivity index (χ1n) is 8.67. The van der Waals surface area contributed by atoms with Gasteiger partial charge in [-0.15, -0.1) is 17.5 Å². The molecular formula is C16H26ClN5O. The van der Waals surface area contributed by atoms with Crippen molar-refractivity contribution < 1.29 is 4.79 Å². The van der Waals surface area contributed by atoms with Gasteiger partial charge in [-0.3, -0.25) is 4.79 Å². The molecule has 0 radical (unpaired) electrons. The van der Waals surface area contributed by atoms with Crippen molar-refractivity contribution in [3.63, 3.8) is 0 Å². The van der Waals surface area contributed by atoms with Gasteiger partial charge < -0.3 is 11.1 Å². The minimum atomic E-state index is -0.0924. The fourth-order valence-electron chi connectivity index (χ4n) is 4.47. The summed E-state index contributed by atoms with van der Waals surface area (Å²) >= 11 is 0. The van der Waals surface area contributed by atoms with Crippen molar-refractivity contribution in [1.82, 2.24) is 20.3 Å². The van der Waals surface area contributed by atoms with Crippen molar-refractivity contribution in [2.75, 3.05) is 0 Å². The van der Waals surface area contributed by atoms with Gasteiger partial charge in [-0.2, -0.15) is 0 Å². The van der Waals surface area contributed by atoms with Crippen LogP contribution in [0.15, 0.2) is 6.20 Å². The lowest BCUT2D eigenvalue weighted by Crippen LogP contribution is -2.69. The first-order valence-corrected chi connectivity index (χ1v) is 8.67. The number of amides is 1. The molecule has 1 aromatic heterocycles. The van der Waals surface area contributed by atoms with Gasteiger partial charge in [0.15, 0.2) is 5.69 Å². The van der Waals surface area contributed by atoms with Crippen molar-refractivity contribution in [1.29, 1.82) is 0 Å². The molecular weight excluding hydrogens is 314 g/mol. The Morgan fingerprint density at radius 3 is 2.61 bits per heavy atom. The van der Waals surface area contributed by atoms with E-state index >= 15 is 0 Å². The van der Waals surface area contributed by atoms with E-state index in [0.29, 0.717) is 11.7 Å². The lowest BCUT2D eigenvalue weighted by Gasteiger charge is -2.60. The highest BCUT2D eigenvalue weighted by Gasteiger charge is 2.57. The van der Waals surface area contributed by atoms with E-state index in [9.17, 15) is 4.79 Å². The molecule has 3 fully saturated rings. The monoisotopic (exact) mass is 339 g/mol. The number of nitrogens with one attached hydrogen (secondary N) is 1. The number of nitrogens with zero attached hydrogens (tertiary/aromatic N) is 3. The van der Waals surface area contributed by atoms with Gasteiger partial charge >= 0.3 is 0 Å². The highest BCUT2D eigenvalue weighted by atomic mass is 35.5. The lowest BCUT2D eigenvalue weighted by molar-refractivity contribution is -0.0390. The summed E-state index contributed by atoms with van der Waals surface area (Å²) in [5, 5.41) is 11.4. The molecule has 0 bridgehead atoms. The standard InChI is InChI=1S/C16H25N5O.ClH/c17-13-9-14(16(13)7-4-8-16)18-15(22)12-10-21(20-19-12)11-5-2-1-3-6-11;/h10-11,13-14H,1-9,17H2,(H,18,22);1H. The smallest absolute Gasteiger partial charge is 0.273 e. The molecule has 3 N–H and O–H groups in total. The second-order valence-corrected chi connectivity index (χ2v) is 7.33. The Kier molecular flexibility index (Phi) is 4.65. The first-order chi connectivity index (χ1) is 10.7. The maximum atomic E-state index is 12.4. The molecule has 2 unspecified atom stereocenters. The van der Waals surface area contributed by atoms with Crippen molar-refractivity contribution in [2.24, 2.45) is 11.1 Å².